The van der Waals surface area contributed by atoms with E-state index in [9.17, 15) is 13.2 Å². The first kappa shape index (κ1) is 22.0. The molecule has 0 saturated carbocycles. The molecule has 1 aliphatic heterocycles. The van der Waals surface area contributed by atoms with Crippen molar-refractivity contribution < 1.29 is 13.2 Å². The molecule has 0 bridgehead atoms. The molecule has 4 rings (SSSR count). The zero-order valence-corrected chi connectivity index (χ0v) is 19.1. The number of hydrogen-bond acceptors (Lipinski definition) is 5. The third-order valence-corrected chi connectivity index (χ3v) is 8.14. The highest BCUT2D eigenvalue weighted by Crippen LogP contribution is 2.26. The van der Waals surface area contributed by atoms with Gasteiger partial charge in [0.05, 0.1) is 17.0 Å². The molecule has 2 aromatic carbocycles. The van der Waals surface area contributed by atoms with Gasteiger partial charge < -0.3 is 5.32 Å². The number of halogens is 1. The Kier molecular flexibility index (Phi) is 6.71. The molecular weight excluding hydrogens is 454 g/mol. The fraction of sp³-hybridized carbons (Fsp3) is 0.273. The summed E-state index contributed by atoms with van der Waals surface area (Å²) in [6.45, 7) is 1.08. The maximum Gasteiger partial charge on any atom is 0.243 e. The van der Waals surface area contributed by atoms with Gasteiger partial charge in [-0.1, -0.05) is 36.2 Å². The van der Waals surface area contributed by atoms with Crippen LogP contribution in [0.4, 0.5) is 5.69 Å². The van der Waals surface area contributed by atoms with Gasteiger partial charge in [0.2, 0.25) is 15.9 Å². The van der Waals surface area contributed by atoms with Crippen LogP contribution in [-0.2, 0) is 21.2 Å². The molecule has 0 radical (unpaired) electrons. The Balaban J connectivity index is 1.42. The lowest BCUT2D eigenvalue weighted by atomic mass is 10.2. The molecule has 0 unspecified atom stereocenters. The van der Waals surface area contributed by atoms with Crippen molar-refractivity contribution in [3.05, 3.63) is 64.6 Å². The molecule has 1 amide bonds. The van der Waals surface area contributed by atoms with Crippen molar-refractivity contribution in [2.24, 2.45) is 0 Å². The number of aromatic nitrogens is 1. The summed E-state index contributed by atoms with van der Waals surface area (Å²) in [5, 5.41) is 6.11. The monoisotopic (exact) mass is 475 g/mol. The van der Waals surface area contributed by atoms with Crippen molar-refractivity contribution in [1.82, 2.24) is 9.29 Å². The van der Waals surface area contributed by atoms with Crippen LogP contribution in [0.1, 0.15) is 25.0 Å². The van der Waals surface area contributed by atoms with E-state index in [1.54, 1.807) is 30.3 Å². The van der Waals surface area contributed by atoms with Gasteiger partial charge in [0.25, 0.3) is 0 Å². The number of rotatable bonds is 6. The SMILES string of the molecule is O=C(Cc1csc(-c2ccc(Cl)cc2)n1)Nc1cccc(S(=O)(=O)N2CCCCC2)c1. The summed E-state index contributed by atoms with van der Waals surface area (Å²) in [6, 6.07) is 13.8. The molecule has 1 aliphatic rings. The minimum atomic E-state index is -3.55. The topological polar surface area (TPSA) is 79.4 Å². The van der Waals surface area contributed by atoms with Gasteiger partial charge in [0, 0.05) is 34.7 Å². The molecule has 9 heteroatoms. The van der Waals surface area contributed by atoms with Crippen LogP contribution in [-0.4, -0.2) is 36.7 Å². The Morgan fingerprint density at radius 1 is 1.10 bits per heavy atom. The first-order valence-corrected chi connectivity index (χ1v) is 12.7. The fourth-order valence-corrected chi connectivity index (χ4v) is 5.99. The van der Waals surface area contributed by atoms with Gasteiger partial charge in [-0.15, -0.1) is 11.3 Å². The van der Waals surface area contributed by atoms with E-state index in [1.165, 1.54) is 21.7 Å². The highest BCUT2D eigenvalue weighted by Gasteiger charge is 2.26. The van der Waals surface area contributed by atoms with Crippen LogP contribution in [0.25, 0.3) is 10.6 Å². The minimum absolute atomic E-state index is 0.104. The number of thiazole rings is 1. The summed E-state index contributed by atoms with van der Waals surface area (Å²) in [4.78, 5) is 17.2. The smallest absolute Gasteiger partial charge is 0.243 e. The van der Waals surface area contributed by atoms with E-state index in [0.717, 1.165) is 29.8 Å². The zero-order chi connectivity index (χ0) is 21.8. The molecule has 1 fully saturated rings. The molecule has 3 aromatic rings. The van der Waals surface area contributed by atoms with Crippen LogP contribution in [0, 0.1) is 0 Å². The molecule has 6 nitrogen and oxygen atoms in total. The van der Waals surface area contributed by atoms with Crippen LogP contribution in [0.15, 0.2) is 58.8 Å². The number of benzene rings is 2. The fourth-order valence-electron chi connectivity index (χ4n) is 3.47. The van der Waals surface area contributed by atoms with Crippen molar-refractivity contribution in [2.45, 2.75) is 30.6 Å². The highest BCUT2D eigenvalue weighted by atomic mass is 35.5. The molecule has 1 N–H and O–H groups in total. The first-order valence-electron chi connectivity index (χ1n) is 10.0. The summed E-state index contributed by atoms with van der Waals surface area (Å²) in [7, 11) is -3.55. The highest BCUT2D eigenvalue weighted by molar-refractivity contribution is 7.89. The largest absolute Gasteiger partial charge is 0.326 e. The van der Waals surface area contributed by atoms with Crippen molar-refractivity contribution in [1.29, 1.82) is 0 Å². The van der Waals surface area contributed by atoms with Crippen LogP contribution >= 0.6 is 22.9 Å². The molecule has 162 valence electrons. The third kappa shape index (κ3) is 5.33. The van der Waals surface area contributed by atoms with Crippen LogP contribution in [0.3, 0.4) is 0 Å². The lowest BCUT2D eigenvalue weighted by molar-refractivity contribution is -0.115. The van der Waals surface area contributed by atoms with E-state index in [2.05, 4.69) is 10.3 Å². The zero-order valence-electron chi connectivity index (χ0n) is 16.8. The normalized spacial score (nSPS) is 15.0. The molecule has 0 spiro atoms. The molecule has 1 saturated heterocycles. The number of anilines is 1. The number of hydrogen-bond donors (Lipinski definition) is 1. The standard InChI is InChI=1S/C22H22ClN3O3S2/c23-17-9-7-16(8-10-17)22-25-19(15-30-22)14-21(27)24-18-5-4-6-20(13-18)31(28,29)26-11-2-1-3-12-26/h4-10,13,15H,1-3,11-12,14H2,(H,24,27). The van der Waals surface area contributed by atoms with Crippen LogP contribution < -0.4 is 5.32 Å². The van der Waals surface area contributed by atoms with Gasteiger partial charge in [-0.3, -0.25) is 4.79 Å². The van der Waals surface area contributed by atoms with Crippen LogP contribution in [0.5, 0.6) is 0 Å². The third-order valence-electron chi connectivity index (χ3n) is 5.06. The van der Waals surface area contributed by atoms with E-state index >= 15 is 0 Å². The number of carbonyl (C=O) groups is 1. The van der Waals surface area contributed by atoms with E-state index in [1.807, 2.05) is 17.5 Å². The summed E-state index contributed by atoms with van der Waals surface area (Å²) < 4.78 is 27.3. The maximum absolute atomic E-state index is 12.9. The summed E-state index contributed by atoms with van der Waals surface area (Å²) in [5.41, 5.74) is 2.05. The van der Waals surface area contributed by atoms with Gasteiger partial charge in [-0.2, -0.15) is 4.31 Å². The van der Waals surface area contributed by atoms with Crippen LogP contribution in [0.2, 0.25) is 5.02 Å². The molecule has 0 aliphatic carbocycles. The van der Waals surface area contributed by atoms with Gasteiger partial charge in [0.1, 0.15) is 5.01 Å². The predicted octanol–water partition coefficient (Wildman–Crippen LogP) is 4.82. The number of amides is 1. The number of nitrogens with zero attached hydrogens (tertiary/aromatic N) is 2. The molecule has 0 atom stereocenters. The Morgan fingerprint density at radius 2 is 1.84 bits per heavy atom. The van der Waals surface area contributed by atoms with E-state index in [-0.39, 0.29) is 17.2 Å². The van der Waals surface area contributed by atoms with Gasteiger partial charge in [0.15, 0.2) is 0 Å². The maximum atomic E-state index is 12.9. The van der Waals surface area contributed by atoms with Gasteiger partial charge >= 0.3 is 0 Å². The van der Waals surface area contributed by atoms with Crippen molar-refractivity contribution in [2.75, 3.05) is 18.4 Å². The van der Waals surface area contributed by atoms with Crippen molar-refractivity contribution in [3.8, 4) is 10.6 Å². The quantitative estimate of drug-likeness (QED) is 0.554. The van der Waals surface area contributed by atoms with E-state index in [0.29, 0.717) is 29.5 Å². The first-order chi connectivity index (χ1) is 14.9. The Labute approximate surface area is 190 Å². The average molecular weight is 476 g/mol. The van der Waals surface area contributed by atoms with Crippen molar-refractivity contribution in [3.63, 3.8) is 0 Å². The van der Waals surface area contributed by atoms with Gasteiger partial charge in [-0.05, 0) is 43.2 Å². The molecule has 1 aromatic heterocycles. The lowest BCUT2D eigenvalue weighted by Gasteiger charge is -2.26. The summed E-state index contributed by atoms with van der Waals surface area (Å²) in [6.07, 6.45) is 2.91. The average Bonchev–Trinajstić information content (AvgIpc) is 3.23. The summed E-state index contributed by atoms with van der Waals surface area (Å²) in [5.74, 6) is -0.250. The lowest BCUT2D eigenvalue weighted by Crippen LogP contribution is -2.35. The molecular formula is C22H22ClN3O3S2. The second kappa shape index (κ2) is 9.48. The number of carbonyl (C=O) groups excluding carboxylic acids is 1. The van der Waals surface area contributed by atoms with E-state index in [4.69, 9.17) is 11.6 Å². The number of nitrogens with one attached hydrogen (secondary N) is 1. The minimum Gasteiger partial charge on any atom is -0.326 e. The van der Waals surface area contributed by atoms with E-state index < -0.39 is 10.0 Å². The number of sulfonamides is 1. The second-order valence-electron chi connectivity index (χ2n) is 7.37. The second-order valence-corrected chi connectivity index (χ2v) is 10.6. The number of piperidine rings is 1. The Hall–Kier alpha value is -2.26. The Bertz CT molecular complexity index is 1170. The molecule has 31 heavy (non-hydrogen) atoms. The van der Waals surface area contributed by atoms with Gasteiger partial charge in [-0.25, -0.2) is 13.4 Å². The summed E-state index contributed by atoms with van der Waals surface area (Å²) >= 11 is 7.38. The molecule has 2 heterocycles. The Morgan fingerprint density at radius 3 is 2.58 bits per heavy atom. The van der Waals surface area contributed by atoms with Crippen molar-refractivity contribution >= 4 is 44.6 Å². The predicted molar refractivity (Wildman–Crippen MR) is 124 cm³/mol.